The molecule has 0 unspecified atom stereocenters. The van der Waals surface area contributed by atoms with Gasteiger partial charge in [-0.25, -0.2) is 4.79 Å². The maximum atomic E-state index is 13.5. The highest BCUT2D eigenvalue weighted by molar-refractivity contribution is 6.00. The Balaban J connectivity index is 1.91. The van der Waals surface area contributed by atoms with Crippen LogP contribution in [0.15, 0.2) is 66.7 Å². The molecule has 0 aromatic heterocycles. The number of hydrogen-bond acceptors (Lipinski definition) is 4. The van der Waals surface area contributed by atoms with Crippen LogP contribution in [0.25, 0.3) is 10.8 Å². The molecular weight excluding hydrogens is 408 g/mol. The van der Waals surface area contributed by atoms with Gasteiger partial charge in [-0.2, -0.15) is 0 Å². The van der Waals surface area contributed by atoms with Gasteiger partial charge in [0.1, 0.15) is 11.8 Å². The van der Waals surface area contributed by atoms with E-state index in [4.69, 9.17) is 11.1 Å². The van der Waals surface area contributed by atoms with E-state index in [1.165, 1.54) is 17.0 Å². The molecule has 8 nitrogen and oxygen atoms in total. The van der Waals surface area contributed by atoms with Crippen molar-refractivity contribution in [3.8, 4) is 5.75 Å². The number of phenolic OH excluding ortho intramolecular Hbond substituents is 1. The first-order valence-corrected chi connectivity index (χ1v) is 10.2. The summed E-state index contributed by atoms with van der Waals surface area (Å²) < 4.78 is 0. The quantitative estimate of drug-likeness (QED) is 0.199. The van der Waals surface area contributed by atoms with Gasteiger partial charge in [-0.1, -0.05) is 42.5 Å². The largest absolute Gasteiger partial charge is 0.508 e. The summed E-state index contributed by atoms with van der Waals surface area (Å²) in [5.41, 5.74) is 6.38. The highest BCUT2D eigenvalue weighted by Crippen LogP contribution is 2.21. The van der Waals surface area contributed by atoms with Gasteiger partial charge in [0.25, 0.3) is 5.91 Å². The zero-order valence-corrected chi connectivity index (χ0v) is 17.5. The van der Waals surface area contributed by atoms with Crippen LogP contribution in [0.1, 0.15) is 28.8 Å². The normalized spacial score (nSPS) is 11.6. The molecule has 1 amide bonds. The smallest absolute Gasteiger partial charge is 0.326 e. The van der Waals surface area contributed by atoms with Gasteiger partial charge in [-0.05, 0) is 53.4 Å². The van der Waals surface area contributed by atoms with Crippen molar-refractivity contribution in [2.24, 2.45) is 5.73 Å². The molecule has 8 heteroatoms. The van der Waals surface area contributed by atoms with E-state index in [2.05, 4.69) is 5.32 Å². The second kappa shape index (κ2) is 10.3. The van der Waals surface area contributed by atoms with Crippen LogP contribution < -0.4 is 11.1 Å². The summed E-state index contributed by atoms with van der Waals surface area (Å²) in [4.78, 5) is 27.0. The second-order valence-electron chi connectivity index (χ2n) is 7.50. The lowest BCUT2D eigenvalue weighted by molar-refractivity contribution is -0.142. The summed E-state index contributed by atoms with van der Waals surface area (Å²) in [6, 6.07) is 18.2. The van der Waals surface area contributed by atoms with Crippen molar-refractivity contribution in [2.75, 3.05) is 6.54 Å². The molecular formula is C24H26N4O4. The van der Waals surface area contributed by atoms with Crippen molar-refractivity contribution in [3.63, 3.8) is 0 Å². The zero-order valence-electron chi connectivity index (χ0n) is 17.5. The number of benzene rings is 3. The molecule has 32 heavy (non-hydrogen) atoms. The van der Waals surface area contributed by atoms with Crippen molar-refractivity contribution in [2.45, 2.75) is 25.4 Å². The SMILES string of the molecule is N=C(N)NCCC[C@H](C(=O)O)N(Cc1ccc(O)cc1)C(=O)c1ccc2ccccc2c1. The lowest BCUT2D eigenvalue weighted by Gasteiger charge is -2.29. The second-order valence-corrected chi connectivity index (χ2v) is 7.50. The molecule has 6 N–H and O–H groups in total. The maximum Gasteiger partial charge on any atom is 0.326 e. The predicted molar refractivity (Wildman–Crippen MR) is 123 cm³/mol. The van der Waals surface area contributed by atoms with Gasteiger partial charge in [0.15, 0.2) is 5.96 Å². The number of phenols is 1. The van der Waals surface area contributed by atoms with Crippen LogP contribution in [0.2, 0.25) is 0 Å². The molecule has 0 saturated carbocycles. The summed E-state index contributed by atoms with van der Waals surface area (Å²) in [5, 5.41) is 31.2. The molecule has 3 aromatic rings. The fraction of sp³-hybridized carbons (Fsp3) is 0.208. The number of carboxylic acids is 1. The summed E-state index contributed by atoms with van der Waals surface area (Å²) in [6.45, 7) is 0.402. The maximum absolute atomic E-state index is 13.5. The lowest BCUT2D eigenvalue weighted by Crippen LogP contribution is -2.45. The number of fused-ring (bicyclic) bond motifs is 1. The van der Waals surface area contributed by atoms with E-state index in [1.807, 2.05) is 30.3 Å². The van der Waals surface area contributed by atoms with E-state index in [0.29, 0.717) is 24.1 Å². The van der Waals surface area contributed by atoms with Gasteiger partial charge in [0.05, 0.1) is 0 Å². The van der Waals surface area contributed by atoms with Crippen molar-refractivity contribution in [1.29, 1.82) is 5.41 Å². The molecule has 0 aliphatic heterocycles. The van der Waals surface area contributed by atoms with Gasteiger partial charge in [-0.3, -0.25) is 10.2 Å². The fourth-order valence-electron chi connectivity index (χ4n) is 3.54. The number of carbonyl (C=O) groups is 2. The van der Waals surface area contributed by atoms with Gasteiger partial charge in [0.2, 0.25) is 0 Å². The number of hydrogen-bond donors (Lipinski definition) is 5. The Hall–Kier alpha value is -4.07. The number of amides is 1. The Morgan fingerprint density at radius 3 is 2.38 bits per heavy atom. The molecule has 3 aromatic carbocycles. The molecule has 0 aliphatic rings. The number of aliphatic carboxylic acids is 1. The van der Waals surface area contributed by atoms with E-state index < -0.39 is 17.9 Å². The predicted octanol–water partition coefficient (Wildman–Crippen LogP) is 2.90. The standard InChI is InChI=1S/C24H26N4O4/c25-24(26)27-13-3-6-21(23(31)32)28(15-16-7-11-20(29)12-8-16)22(30)19-10-9-17-4-1-2-5-18(17)14-19/h1-2,4-5,7-12,14,21,29H,3,6,13,15H2,(H,31,32)(H4,25,26,27)/t21-/m1/s1. The number of guanidine groups is 1. The van der Waals surface area contributed by atoms with E-state index in [0.717, 1.165) is 10.8 Å². The van der Waals surface area contributed by atoms with Crippen molar-refractivity contribution in [1.82, 2.24) is 10.2 Å². The van der Waals surface area contributed by atoms with E-state index >= 15 is 0 Å². The Bertz CT molecular complexity index is 1110. The average molecular weight is 434 g/mol. The minimum Gasteiger partial charge on any atom is -0.508 e. The Labute approximate surface area is 185 Å². The molecule has 1 atom stereocenters. The van der Waals surface area contributed by atoms with Crippen LogP contribution in [0.3, 0.4) is 0 Å². The molecule has 0 heterocycles. The van der Waals surface area contributed by atoms with Crippen LogP contribution >= 0.6 is 0 Å². The molecule has 3 rings (SSSR count). The number of rotatable bonds is 9. The lowest BCUT2D eigenvalue weighted by atomic mass is 10.0. The van der Waals surface area contributed by atoms with Gasteiger partial charge in [-0.15, -0.1) is 0 Å². The van der Waals surface area contributed by atoms with E-state index in [9.17, 15) is 19.8 Å². The Morgan fingerprint density at radius 1 is 1.03 bits per heavy atom. The highest BCUT2D eigenvalue weighted by atomic mass is 16.4. The van der Waals surface area contributed by atoms with Gasteiger partial charge < -0.3 is 26.2 Å². The highest BCUT2D eigenvalue weighted by Gasteiger charge is 2.30. The molecule has 166 valence electrons. The minimum atomic E-state index is -1.11. The molecule has 0 spiro atoms. The van der Waals surface area contributed by atoms with Gasteiger partial charge >= 0.3 is 5.97 Å². The average Bonchev–Trinajstić information content (AvgIpc) is 2.78. The number of aromatic hydroxyl groups is 1. The summed E-state index contributed by atoms with van der Waals surface area (Å²) in [6.07, 6.45) is 0.598. The minimum absolute atomic E-state index is 0.0725. The first-order chi connectivity index (χ1) is 15.3. The number of nitrogens with one attached hydrogen (secondary N) is 2. The van der Waals surface area contributed by atoms with Gasteiger partial charge in [0, 0.05) is 18.7 Å². The number of nitrogens with two attached hydrogens (primary N) is 1. The molecule has 0 bridgehead atoms. The summed E-state index contributed by atoms with van der Waals surface area (Å²) in [5.74, 6) is -1.60. The number of carboxylic acid groups (broad SMARTS) is 1. The van der Waals surface area contributed by atoms with Crippen LogP contribution in [-0.4, -0.2) is 45.5 Å². The third-order valence-electron chi connectivity index (χ3n) is 5.18. The number of nitrogens with zero attached hydrogens (tertiary/aromatic N) is 1. The van der Waals surface area contributed by atoms with E-state index in [1.54, 1.807) is 24.3 Å². The van der Waals surface area contributed by atoms with Crippen molar-refractivity contribution < 1.29 is 19.8 Å². The third kappa shape index (κ3) is 5.75. The van der Waals surface area contributed by atoms with E-state index in [-0.39, 0.29) is 24.7 Å². The van der Waals surface area contributed by atoms with Crippen LogP contribution in [-0.2, 0) is 11.3 Å². The summed E-state index contributed by atoms with van der Waals surface area (Å²) in [7, 11) is 0. The Kier molecular flexibility index (Phi) is 7.28. The van der Waals surface area contributed by atoms with Crippen LogP contribution in [0.5, 0.6) is 5.75 Å². The first kappa shape index (κ1) is 22.6. The first-order valence-electron chi connectivity index (χ1n) is 10.2. The number of carbonyl (C=O) groups excluding carboxylic acids is 1. The summed E-state index contributed by atoms with van der Waals surface area (Å²) >= 11 is 0. The Morgan fingerprint density at radius 2 is 1.72 bits per heavy atom. The molecule has 0 saturated heterocycles. The molecule has 0 aliphatic carbocycles. The molecule has 0 fully saturated rings. The van der Waals surface area contributed by atoms with Crippen molar-refractivity contribution in [3.05, 3.63) is 77.9 Å². The van der Waals surface area contributed by atoms with Crippen LogP contribution in [0.4, 0.5) is 0 Å². The topological polar surface area (TPSA) is 140 Å². The monoisotopic (exact) mass is 434 g/mol. The molecule has 0 radical (unpaired) electrons. The van der Waals surface area contributed by atoms with Crippen molar-refractivity contribution >= 4 is 28.6 Å². The third-order valence-corrected chi connectivity index (χ3v) is 5.18. The fourth-order valence-corrected chi connectivity index (χ4v) is 3.54. The van der Waals surface area contributed by atoms with Crippen LogP contribution in [0, 0.1) is 5.41 Å². The zero-order chi connectivity index (χ0) is 23.1.